The van der Waals surface area contributed by atoms with E-state index in [0.717, 1.165) is 32.1 Å². The van der Waals surface area contributed by atoms with E-state index >= 15 is 0 Å². The second-order valence-corrected chi connectivity index (χ2v) is 13.7. The molecule has 0 rings (SSSR count). The second-order valence-electron chi connectivity index (χ2n) is 13.7. The van der Waals surface area contributed by atoms with Crippen molar-refractivity contribution in [3.05, 3.63) is 48.6 Å². The number of aliphatic hydroxyl groups is 1. The topological polar surface area (TPSA) is 55.8 Å². The molecule has 0 aliphatic heterocycles. The lowest BCUT2D eigenvalue weighted by atomic mass is 10.1. The minimum atomic E-state index is -0.542. The number of hydrogen-bond donors (Lipinski definition) is 1. The minimum Gasteiger partial charge on any atom is -0.457 e. The van der Waals surface area contributed by atoms with Crippen LogP contribution in [-0.4, -0.2) is 37.0 Å². The van der Waals surface area contributed by atoms with Crippen molar-refractivity contribution in [1.82, 2.24) is 0 Å². The lowest BCUT2D eigenvalue weighted by Gasteiger charge is -2.16. The van der Waals surface area contributed by atoms with Crippen LogP contribution in [0, 0.1) is 0 Å². The van der Waals surface area contributed by atoms with Gasteiger partial charge >= 0.3 is 5.97 Å². The predicted molar refractivity (Wildman–Crippen MR) is 210 cm³/mol. The van der Waals surface area contributed by atoms with E-state index < -0.39 is 6.10 Å². The third-order valence-corrected chi connectivity index (χ3v) is 8.88. The number of carbonyl (C=O) groups is 1. The monoisotopic (exact) mass is 673 g/mol. The quantitative estimate of drug-likeness (QED) is 0.0403. The number of unbranched alkanes of at least 4 members (excludes halogenated alkanes) is 22. The Bertz CT molecular complexity index is 753. The van der Waals surface area contributed by atoms with Gasteiger partial charge in [-0.05, 0) is 77.0 Å². The molecule has 0 fully saturated rings. The zero-order valence-electron chi connectivity index (χ0n) is 32.0. The van der Waals surface area contributed by atoms with E-state index in [9.17, 15) is 9.90 Å². The third kappa shape index (κ3) is 38.8. The highest BCUT2D eigenvalue weighted by atomic mass is 16.6. The molecule has 0 aromatic rings. The summed E-state index contributed by atoms with van der Waals surface area (Å²) in [5.74, 6) is -0.211. The van der Waals surface area contributed by atoms with Crippen molar-refractivity contribution >= 4 is 5.97 Å². The normalized spacial score (nSPS) is 12.8. The summed E-state index contributed by atoms with van der Waals surface area (Å²) < 4.78 is 11.1. The molecule has 0 aliphatic carbocycles. The molecule has 0 aromatic carbocycles. The number of hydrogen-bond acceptors (Lipinski definition) is 4. The van der Waals surface area contributed by atoms with E-state index in [4.69, 9.17) is 9.47 Å². The zero-order chi connectivity index (χ0) is 34.9. The van der Waals surface area contributed by atoms with E-state index in [1.54, 1.807) is 0 Å². The van der Waals surface area contributed by atoms with Crippen molar-refractivity contribution < 1.29 is 19.4 Å². The maximum absolute atomic E-state index is 12.2. The van der Waals surface area contributed by atoms with Gasteiger partial charge in [0.15, 0.2) is 0 Å². The molecule has 0 bridgehead atoms. The molecule has 280 valence electrons. The maximum Gasteiger partial charge on any atom is 0.306 e. The summed E-state index contributed by atoms with van der Waals surface area (Å²) >= 11 is 0. The van der Waals surface area contributed by atoms with Crippen molar-refractivity contribution in [2.45, 2.75) is 206 Å². The van der Waals surface area contributed by atoms with Crippen LogP contribution in [0.3, 0.4) is 0 Å². The number of ether oxygens (including phenoxy) is 2. The fraction of sp³-hybridized carbons (Fsp3) is 0.795. The van der Waals surface area contributed by atoms with E-state index in [-0.39, 0.29) is 19.2 Å². The summed E-state index contributed by atoms with van der Waals surface area (Å²) in [5, 5.41) is 9.59. The van der Waals surface area contributed by atoms with Crippen LogP contribution in [0.4, 0.5) is 0 Å². The highest BCUT2D eigenvalue weighted by molar-refractivity contribution is 5.69. The van der Waals surface area contributed by atoms with Crippen LogP contribution in [0.25, 0.3) is 0 Å². The Labute approximate surface area is 299 Å². The van der Waals surface area contributed by atoms with Gasteiger partial charge in [-0.3, -0.25) is 4.79 Å². The highest BCUT2D eigenvalue weighted by Gasteiger charge is 2.13. The molecular weight excluding hydrogens is 592 g/mol. The fourth-order valence-electron chi connectivity index (χ4n) is 5.74. The number of allylic oxidation sites excluding steroid dienone is 8. The van der Waals surface area contributed by atoms with Crippen LogP contribution in [0.15, 0.2) is 48.6 Å². The first-order valence-electron chi connectivity index (χ1n) is 20.7. The zero-order valence-corrected chi connectivity index (χ0v) is 32.0. The van der Waals surface area contributed by atoms with Gasteiger partial charge in [-0.15, -0.1) is 0 Å². The van der Waals surface area contributed by atoms with Gasteiger partial charge in [-0.2, -0.15) is 0 Å². The summed E-state index contributed by atoms with van der Waals surface area (Å²) in [7, 11) is 0. The summed E-state index contributed by atoms with van der Waals surface area (Å²) in [6, 6.07) is 0. The molecule has 0 aromatic heterocycles. The molecule has 1 N–H and O–H groups in total. The summed E-state index contributed by atoms with van der Waals surface area (Å²) in [6.07, 6.45) is 53.0. The van der Waals surface area contributed by atoms with Gasteiger partial charge in [0.2, 0.25) is 0 Å². The standard InChI is InChI=1S/C44H80O4/c1-3-5-7-9-11-13-15-17-19-21-22-24-26-28-30-32-34-36-38-40-47-42-43(41-45)48-44(46)39-37-35-33-31-29-27-25-23-20-18-16-14-12-10-8-6-4-2/h12-15,18-21,43,45H,3-11,16-17,22-42H2,1-2H3/b14-12-,15-13-,20-18-,21-19-. The van der Waals surface area contributed by atoms with Crippen LogP contribution in [-0.2, 0) is 14.3 Å². The van der Waals surface area contributed by atoms with E-state index in [0.29, 0.717) is 13.0 Å². The van der Waals surface area contributed by atoms with Crippen LogP contribution < -0.4 is 0 Å². The molecular formula is C44H80O4. The third-order valence-electron chi connectivity index (χ3n) is 8.88. The molecule has 0 saturated carbocycles. The molecule has 0 heterocycles. The molecule has 0 radical (unpaired) electrons. The number of aliphatic hydroxyl groups excluding tert-OH is 1. The Balaban J connectivity index is 3.46. The molecule has 0 aliphatic rings. The van der Waals surface area contributed by atoms with E-state index in [2.05, 4.69) is 62.5 Å². The largest absolute Gasteiger partial charge is 0.457 e. The SMILES string of the molecule is CCCCC/C=C\C/C=C\CCCCCCCCCC(=O)OC(CO)COCCCCCCCCCC/C=C\C/C=C\CCCCCC. The van der Waals surface area contributed by atoms with Crippen LogP contribution in [0.5, 0.6) is 0 Å². The molecule has 0 amide bonds. The predicted octanol–water partition coefficient (Wildman–Crippen LogP) is 13.5. The summed E-state index contributed by atoms with van der Waals surface area (Å²) in [6.45, 7) is 5.29. The Morgan fingerprint density at radius 1 is 0.500 bits per heavy atom. The first kappa shape index (κ1) is 46.4. The van der Waals surface area contributed by atoms with Crippen molar-refractivity contribution in [1.29, 1.82) is 0 Å². The average Bonchev–Trinajstić information content (AvgIpc) is 3.09. The molecule has 0 spiro atoms. The molecule has 4 heteroatoms. The summed E-state index contributed by atoms with van der Waals surface area (Å²) in [4.78, 5) is 12.2. The Kier molecular flexibility index (Phi) is 40.1. The fourth-order valence-corrected chi connectivity index (χ4v) is 5.74. The van der Waals surface area contributed by atoms with Crippen molar-refractivity contribution in [2.75, 3.05) is 19.8 Å². The van der Waals surface area contributed by atoms with Gasteiger partial charge < -0.3 is 14.6 Å². The van der Waals surface area contributed by atoms with Gasteiger partial charge in [-0.25, -0.2) is 0 Å². The lowest BCUT2D eigenvalue weighted by Crippen LogP contribution is -2.27. The molecule has 1 unspecified atom stereocenters. The van der Waals surface area contributed by atoms with Gasteiger partial charge in [0.05, 0.1) is 13.2 Å². The minimum absolute atomic E-state index is 0.178. The highest BCUT2D eigenvalue weighted by Crippen LogP contribution is 2.13. The molecule has 4 nitrogen and oxygen atoms in total. The van der Waals surface area contributed by atoms with Crippen molar-refractivity contribution in [2.24, 2.45) is 0 Å². The number of rotatable bonds is 38. The van der Waals surface area contributed by atoms with Crippen molar-refractivity contribution in [3.8, 4) is 0 Å². The smallest absolute Gasteiger partial charge is 0.306 e. The maximum atomic E-state index is 12.2. The van der Waals surface area contributed by atoms with Crippen molar-refractivity contribution in [3.63, 3.8) is 0 Å². The Morgan fingerprint density at radius 2 is 0.875 bits per heavy atom. The Morgan fingerprint density at radius 3 is 1.33 bits per heavy atom. The van der Waals surface area contributed by atoms with E-state index in [1.165, 1.54) is 148 Å². The second kappa shape index (κ2) is 41.5. The first-order chi connectivity index (χ1) is 23.7. The first-order valence-corrected chi connectivity index (χ1v) is 20.7. The van der Waals surface area contributed by atoms with Gasteiger partial charge in [0.1, 0.15) is 6.10 Å². The van der Waals surface area contributed by atoms with Crippen LogP contribution in [0.2, 0.25) is 0 Å². The van der Waals surface area contributed by atoms with Gasteiger partial charge in [-0.1, -0.05) is 165 Å². The summed E-state index contributed by atoms with van der Waals surface area (Å²) in [5.41, 5.74) is 0. The molecule has 1 atom stereocenters. The van der Waals surface area contributed by atoms with E-state index in [1.807, 2.05) is 0 Å². The number of esters is 1. The average molecular weight is 673 g/mol. The van der Waals surface area contributed by atoms with Crippen LogP contribution >= 0.6 is 0 Å². The van der Waals surface area contributed by atoms with Gasteiger partial charge in [0, 0.05) is 13.0 Å². The Hall–Kier alpha value is -1.65. The molecule has 0 saturated heterocycles. The van der Waals surface area contributed by atoms with Crippen LogP contribution in [0.1, 0.15) is 200 Å². The lowest BCUT2D eigenvalue weighted by molar-refractivity contribution is -0.154. The number of carbonyl (C=O) groups excluding carboxylic acids is 1. The van der Waals surface area contributed by atoms with Gasteiger partial charge in [0.25, 0.3) is 0 Å². The molecule has 48 heavy (non-hydrogen) atoms.